The molecule has 5 aromatic rings. The minimum Gasteiger partial charge on any atom is -0.455 e. The molecule has 126 valence electrons. The van der Waals surface area contributed by atoms with Crippen LogP contribution in [0.3, 0.4) is 0 Å². The Kier molecular flexibility index (Phi) is 3.35. The highest BCUT2D eigenvalue weighted by Gasteiger charge is 2.12. The fourth-order valence-corrected chi connectivity index (χ4v) is 3.28. The maximum absolute atomic E-state index is 6.13. The van der Waals surface area contributed by atoms with Gasteiger partial charge in [-0.3, -0.25) is 0 Å². The largest absolute Gasteiger partial charge is 0.455 e. The van der Waals surface area contributed by atoms with Crippen LogP contribution in [0.2, 0.25) is 0 Å². The lowest BCUT2D eigenvalue weighted by molar-refractivity contribution is 0.513. The zero-order valence-electron chi connectivity index (χ0n) is 14.3. The van der Waals surface area contributed by atoms with Crippen molar-refractivity contribution in [3.05, 3.63) is 72.6 Å². The number of aryl methyl sites for hydroxylation is 1. The van der Waals surface area contributed by atoms with Gasteiger partial charge in [-0.2, -0.15) is 0 Å². The molecular formula is C22H16N2O2. The molecule has 0 bridgehead atoms. The summed E-state index contributed by atoms with van der Waals surface area (Å²) in [4.78, 5) is 0. The highest BCUT2D eigenvalue weighted by molar-refractivity contribution is 6.09. The van der Waals surface area contributed by atoms with E-state index in [1.165, 1.54) is 0 Å². The van der Waals surface area contributed by atoms with Gasteiger partial charge in [0.1, 0.15) is 11.2 Å². The van der Waals surface area contributed by atoms with Gasteiger partial charge in [-0.15, -0.1) is 10.2 Å². The third kappa shape index (κ3) is 2.30. The van der Waals surface area contributed by atoms with E-state index in [1.54, 1.807) is 0 Å². The van der Waals surface area contributed by atoms with E-state index in [4.69, 9.17) is 8.83 Å². The number of hydrogen-bond acceptors (Lipinski definition) is 4. The van der Waals surface area contributed by atoms with Gasteiger partial charge in [-0.25, -0.2) is 0 Å². The number of benzene rings is 3. The van der Waals surface area contributed by atoms with E-state index >= 15 is 0 Å². The maximum atomic E-state index is 6.13. The molecule has 0 radical (unpaired) electrons. The molecule has 0 unspecified atom stereocenters. The highest BCUT2D eigenvalue weighted by Crippen LogP contribution is 2.36. The molecule has 0 fully saturated rings. The molecule has 26 heavy (non-hydrogen) atoms. The van der Waals surface area contributed by atoms with Gasteiger partial charge in [-0.05, 0) is 23.8 Å². The fraction of sp³-hybridized carbons (Fsp3) is 0.0909. The number of nitrogens with zero attached hydrogens (tertiary/aromatic N) is 2. The first kappa shape index (κ1) is 14.9. The lowest BCUT2D eigenvalue weighted by Crippen LogP contribution is -1.81. The Morgan fingerprint density at radius 1 is 0.731 bits per heavy atom. The van der Waals surface area contributed by atoms with E-state index < -0.39 is 0 Å². The number of furan rings is 1. The molecule has 4 heteroatoms. The standard InChI is InChI=1S/C22H16N2O2/c1-2-20-23-24-22(26-20)15-12-10-14(11-13-15)16-7-5-8-18-17-6-3-4-9-19(17)25-21(16)18/h3-13H,2H2,1H3. The second-order valence-corrected chi connectivity index (χ2v) is 6.21. The van der Waals surface area contributed by atoms with Crippen LogP contribution in [0.25, 0.3) is 44.5 Å². The summed E-state index contributed by atoms with van der Waals surface area (Å²) in [6, 6.07) is 22.5. The monoisotopic (exact) mass is 340 g/mol. The lowest BCUT2D eigenvalue weighted by Gasteiger charge is -2.03. The summed E-state index contributed by atoms with van der Waals surface area (Å²) in [5.74, 6) is 1.20. The molecule has 2 aromatic heterocycles. The zero-order valence-corrected chi connectivity index (χ0v) is 14.3. The van der Waals surface area contributed by atoms with Crippen molar-refractivity contribution in [2.75, 3.05) is 0 Å². The second-order valence-electron chi connectivity index (χ2n) is 6.21. The van der Waals surface area contributed by atoms with Crippen LogP contribution < -0.4 is 0 Å². The van der Waals surface area contributed by atoms with Crippen LogP contribution in [0, 0.1) is 0 Å². The van der Waals surface area contributed by atoms with Gasteiger partial charge in [0.05, 0.1) is 0 Å². The first-order chi connectivity index (χ1) is 12.8. The molecular weight excluding hydrogens is 324 g/mol. The van der Waals surface area contributed by atoms with Gasteiger partial charge in [0.2, 0.25) is 11.8 Å². The van der Waals surface area contributed by atoms with Crippen LogP contribution >= 0.6 is 0 Å². The first-order valence-corrected chi connectivity index (χ1v) is 8.67. The quantitative estimate of drug-likeness (QED) is 0.412. The van der Waals surface area contributed by atoms with Crippen molar-refractivity contribution in [2.45, 2.75) is 13.3 Å². The Bertz CT molecular complexity index is 1220. The van der Waals surface area contributed by atoms with Crippen molar-refractivity contribution in [3.63, 3.8) is 0 Å². The molecule has 3 aromatic carbocycles. The van der Waals surface area contributed by atoms with Gasteiger partial charge in [0.25, 0.3) is 0 Å². The van der Waals surface area contributed by atoms with Crippen molar-refractivity contribution in [3.8, 4) is 22.6 Å². The van der Waals surface area contributed by atoms with E-state index in [1.807, 2.05) is 37.3 Å². The SMILES string of the molecule is CCc1nnc(-c2ccc(-c3cccc4c3oc3ccccc34)cc2)o1. The smallest absolute Gasteiger partial charge is 0.247 e. The molecule has 0 saturated carbocycles. The molecule has 0 N–H and O–H groups in total. The molecule has 5 rings (SSSR count). The van der Waals surface area contributed by atoms with Gasteiger partial charge in [0.15, 0.2) is 0 Å². The predicted molar refractivity (Wildman–Crippen MR) is 102 cm³/mol. The second kappa shape index (κ2) is 5.85. The molecule has 0 aliphatic heterocycles. The van der Waals surface area contributed by atoms with Crippen molar-refractivity contribution in [1.82, 2.24) is 10.2 Å². The predicted octanol–water partition coefficient (Wildman–Crippen LogP) is 5.87. The topological polar surface area (TPSA) is 52.1 Å². The summed E-state index contributed by atoms with van der Waals surface area (Å²) in [6.45, 7) is 1.99. The van der Waals surface area contributed by atoms with Crippen molar-refractivity contribution < 1.29 is 8.83 Å². The van der Waals surface area contributed by atoms with Crippen LogP contribution in [0.1, 0.15) is 12.8 Å². The van der Waals surface area contributed by atoms with Crippen LogP contribution in [-0.2, 0) is 6.42 Å². The lowest BCUT2D eigenvalue weighted by atomic mass is 10.0. The average Bonchev–Trinajstić information content (AvgIpc) is 3.32. The minimum atomic E-state index is 0.551. The number of aromatic nitrogens is 2. The summed E-state index contributed by atoms with van der Waals surface area (Å²) in [5.41, 5.74) is 4.90. The van der Waals surface area contributed by atoms with Gasteiger partial charge < -0.3 is 8.83 Å². The average molecular weight is 340 g/mol. The van der Waals surface area contributed by atoms with E-state index in [9.17, 15) is 0 Å². The van der Waals surface area contributed by atoms with Crippen molar-refractivity contribution in [1.29, 1.82) is 0 Å². The van der Waals surface area contributed by atoms with Crippen molar-refractivity contribution in [2.24, 2.45) is 0 Å². The number of fused-ring (bicyclic) bond motifs is 3. The molecule has 0 aliphatic carbocycles. The molecule has 0 amide bonds. The molecule has 0 saturated heterocycles. The van der Waals surface area contributed by atoms with E-state index in [2.05, 4.69) is 46.6 Å². The maximum Gasteiger partial charge on any atom is 0.247 e. The Balaban J connectivity index is 1.61. The van der Waals surface area contributed by atoms with Crippen LogP contribution in [0.4, 0.5) is 0 Å². The molecule has 0 aliphatic rings. The van der Waals surface area contributed by atoms with Crippen molar-refractivity contribution >= 4 is 21.9 Å². The third-order valence-corrected chi connectivity index (χ3v) is 4.62. The van der Waals surface area contributed by atoms with Crippen LogP contribution in [-0.4, -0.2) is 10.2 Å². The Morgan fingerprint density at radius 3 is 2.31 bits per heavy atom. The summed E-state index contributed by atoms with van der Waals surface area (Å²) in [7, 11) is 0. The Morgan fingerprint density at radius 2 is 1.50 bits per heavy atom. The van der Waals surface area contributed by atoms with Gasteiger partial charge >= 0.3 is 0 Å². The van der Waals surface area contributed by atoms with Gasteiger partial charge in [0, 0.05) is 28.3 Å². The van der Waals surface area contributed by atoms with Crippen LogP contribution in [0.5, 0.6) is 0 Å². The zero-order chi connectivity index (χ0) is 17.5. The van der Waals surface area contributed by atoms with Gasteiger partial charge in [-0.1, -0.05) is 55.5 Å². The number of rotatable bonds is 3. The summed E-state index contributed by atoms with van der Waals surface area (Å²) < 4.78 is 11.8. The first-order valence-electron chi connectivity index (χ1n) is 8.67. The summed E-state index contributed by atoms with van der Waals surface area (Å²) in [6.07, 6.45) is 0.735. The normalized spacial score (nSPS) is 11.4. The highest BCUT2D eigenvalue weighted by atomic mass is 16.4. The third-order valence-electron chi connectivity index (χ3n) is 4.62. The van der Waals surface area contributed by atoms with E-state index in [0.29, 0.717) is 11.8 Å². The fourth-order valence-electron chi connectivity index (χ4n) is 3.28. The molecule has 0 atom stereocenters. The molecule has 0 spiro atoms. The Labute approximate surface area is 150 Å². The number of hydrogen-bond donors (Lipinski definition) is 0. The Hall–Kier alpha value is -3.40. The molecule has 2 heterocycles. The summed E-state index contributed by atoms with van der Waals surface area (Å²) in [5, 5.41) is 10.4. The number of para-hydroxylation sites is 2. The minimum absolute atomic E-state index is 0.551. The van der Waals surface area contributed by atoms with E-state index in [-0.39, 0.29) is 0 Å². The molecule has 4 nitrogen and oxygen atoms in total. The summed E-state index contributed by atoms with van der Waals surface area (Å²) >= 11 is 0. The van der Waals surface area contributed by atoms with Crippen LogP contribution in [0.15, 0.2) is 75.6 Å². The van der Waals surface area contributed by atoms with E-state index in [0.717, 1.165) is 45.0 Å².